The third kappa shape index (κ3) is 5.09. The Morgan fingerprint density at radius 3 is 1.68 bits per heavy atom. The van der Waals surface area contributed by atoms with Crippen molar-refractivity contribution >= 4 is 22.7 Å². The Kier molecular flexibility index (Phi) is 6.81. The zero-order chi connectivity index (χ0) is 23.2. The molecule has 34 heavy (non-hydrogen) atoms. The first kappa shape index (κ1) is 22.1. The second-order valence-corrected chi connectivity index (χ2v) is 8.90. The van der Waals surface area contributed by atoms with Crippen molar-refractivity contribution < 1.29 is 4.74 Å². The number of aryl methyl sites for hydroxylation is 2. The van der Waals surface area contributed by atoms with Gasteiger partial charge in [0.1, 0.15) is 5.75 Å². The fourth-order valence-electron chi connectivity index (χ4n) is 4.70. The standard InChI is InChI=1S/C31H32N2O/c1-34-31-21-19-30(20-22-31)33(28-7-3-2-4-8-28)29-17-13-26(14-18-29)10-9-25-11-15-27(16-12-25)32-23-5-6-24-32/h2-4,7-8,11-22H,5-6,9-10,23-24H2,1H3. The normalized spacial score (nSPS) is 13.1. The Bertz CT molecular complexity index is 1160. The van der Waals surface area contributed by atoms with E-state index in [0.717, 1.165) is 35.7 Å². The van der Waals surface area contributed by atoms with E-state index in [1.165, 1.54) is 42.7 Å². The Morgan fingerprint density at radius 1 is 0.618 bits per heavy atom. The molecule has 0 amide bonds. The van der Waals surface area contributed by atoms with Crippen molar-refractivity contribution in [2.75, 3.05) is 30.0 Å². The van der Waals surface area contributed by atoms with Crippen LogP contribution in [0.4, 0.5) is 22.7 Å². The van der Waals surface area contributed by atoms with Crippen molar-refractivity contribution in [3.63, 3.8) is 0 Å². The van der Waals surface area contributed by atoms with Crippen LogP contribution in [0.5, 0.6) is 5.75 Å². The first-order valence-electron chi connectivity index (χ1n) is 12.2. The van der Waals surface area contributed by atoms with Crippen molar-refractivity contribution in [3.05, 3.63) is 114 Å². The van der Waals surface area contributed by atoms with Crippen LogP contribution in [0.3, 0.4) is 0 Å². The second-order valence-electron chi connectivity index (χ2n) is 8.90. The minimum atomic E-state index is 0.862. The van der Waals surface area contributed by atoms with Crippen molar-refractivity contribution in [1.82, 2.24) is 0 Å². The first-order valence-corrected chi connectivity index (χ1v) is 12.2. The Hall–Kier alpha value is -3.72. The molecule has 0 saturated carbocycles. The highest BCUT2D eigenvalue weighted by atomic mass is 16.5. The molecule has 1 fully saturated rings. The van der Waals surface area contributed by atoms with E-state index in [1.54, 1.807) is 7.11 Å². The number of rotatable bonds is 8. The minimum Gasteiger partial charge on any atom is -0.497 e. The maximum Gasteiger partial charge on any atom is 0.119 e. The molecule has 0 atom stereocenters. The number of hydrogen-bond acceptors (Lipinski definition) is 3. The molecule has 1 saturated heterocycles. The van der Waals surface area contributed by atoms with Gasteiger partial charge in [-0.3, -0.25) is 0 Å². The zero-order valence-electron chi connectivity index (χ0n) is 19.9. The summed E-state index contributed by atoms with van der Waals surface area (Å²) in [6.45, 7) is 2.39. The third-order valence-electron chi connectivity index (χ3n) is 6.65. The molecule has 3 nitrogen and oxygen atoms in total. The fraction of sp³-hybridized carbons (Fsp3) is 0.226. The number of methoxy groups -OCH3 is 1. The van der Waals surface area contributed by atoms with Gasteiger partial charge in [0.2, 0.25) is 0 Å². The van der Waals surface area contributed by atoms with Gasteiger partial charge >= 0.3 is 0 Å². The lowest BCUT2D eigenvalue weighted by molar-refractivity contribution is 0.415. The summed E-state index contributed by atoms with van der Waals surface area (Å²) < 4.78 is 5.35. The average molecular weight is 449 g/mol. The molecule has 3 heteroatoms. The molecule has 0 bridgehead atoms. The SMILES string of the molecule is COc1ccc(N(c2ccccc2)c2ccc(CCc3ccc(N4CCCC4)cc3)cc2)cc1. The van der Waals surface area contributed by atoms with Crippen LogP contribution >= 0.6 is 0 Å². The largest absolute Gasteiger partial charge is 0.497 e. The van der Waals surface area contributed by atoms with E-state index >= 15 is 0 Å². The average Bonchev–Trinajstić information content (AvgIpc) is 3.45. The molecule has 4 aromatic rings. The van der Waals surface area contributed by atoms with E-state index < -0.39 is 0 Å². The summed E-state index contributed by atoms with van der Waals surface area (Å²) in [5.41, 5.74) is 7.52. The lowest BCUT2D eigenvalue weighted by atomic mass is 10.0. The molecule has 1 aliphatic heterocycles. The van der Waals surface area contributed by atoms with Gasteiger partial charge in [0, 0.05) is 35.8 Å². The first-order chi connectivity index (χ1) is 16.8. The topological polar surface area (TPSA) is 15.7 Å². The predicted molar refractivity (Wildman–Crippen MR) is 143 cm³/mol. The molecule has 1 heterocycles. The van der Waals surface area contributed by atoms with Gasteiger partial charge in [-0.05, 0) is 97.5 Å². The van der Waals surface area contributed by atoms with Crippen LogP contribution in [-0.4, -0.2) is 20.2 Å². The van der Waals surface area contributed by atoms with Crippen molar-refractivity contribution in [2.45, 2.75) is 25.7 Å². The molecule has 1 aliphatic rings. The molecule has 0 N–H and O–H groups in total. The van der Waals surface area contributed by atoms with E-state index in [-0.39, 0.29) is 0 Å². The molecule has 5 rings (SSSR count). The van der Waals surface area contributed by atoms with Crippen LogP contribution in [-0.2, 0) is 12.8 Å². The Balaban J connectivity index is 1.29. The van der Waals surface area contributed by atoms with Gasteiger partial charge in [-0.2, -0.15) is 0 Å². The van der Waals surface area contributed by atoms with Gasteiger partial charge < -0.3 is 14.5 Å². The minimum absolute atomic E-state index is 0.862. The van der Waals surface area contributed by atoms with E-state index in [9.17, 15) is 0 Å². The number of anilines is 4. The van der Waals surface area contributed by atoms with Gasteiger partial charge in [0.15, 0.2) is 0 Å². The number of nitrogens with zero attached hydrogens (tertiary/aromatic N) is 2. The van der Waals surface area contributed by atoms with E-state index in [0.29, 0.717) is 0 Å². The van der Waals surface area contributed by atoms with Crippen molar-refractivity contribution in [2.24, 2.45) is 0 Å². The van der Waals surface area contributed by atoms with Gasteiger partial charge in [0.25, 0.3) is 0 Å². The Labute approximate surface area is 203 Å². The Morgan fingerprint density at radius 2 is 1.12 bits per heavy atom. The van der Waals surface area contributed by atoms with E-state index in [4.69, 9.17) is 4.74 Å². The number of ether oxygens (including phenoxy) is 1. The molecular formula is C31H32N2O. The van der Waals surface area contributed by atoms with E-state index in [1.807, 2.05) is 12.1 Å². The lowest BCUT2D eigenvalue weighted by Crippen LogP contribution is -2.17. The highest BCUT2D eigenvalue weighted by molar-refractivity contribution is 5.76. The number of benzene rings is 4. The fourth-order valence-corrected chi connectivity index (χ4v) is 4.70. The predicted octanol–water partition coefficient (Wildman–Crippen LogP) is 7.55. The molecule has 0 unspecified atom stereocenters. The molecule has 172 valence electrons. The van der Waals surface area contributed by atoms with Gasteiger partial charge in [-0.15, -0.1) is 0 Å². The molecule has 0 radical (unpaired) electrons. The molecular weight excluding hydrogens is 416 g/mol. The smallest absolute Gasteiger partial charge is 0.119 e. The highest BCUT2D eigenvalue weighted by Crippen LogP contribution is 2.35. The summed E-state index contributed by atoms with van der Waals surface area (Å²) >= 11 is 0. The lowest BCUT2D eigenvalue weighted by Gasteiger charge is -2.25. The van der Waals surface area contributed by atoms with Crippen LogP contribution in [0.25, 0.3) is 0 Å². The summed E-state index contributed by atoms with van der Waals surface area (Å²) in [6, 6.07) is 36.8. The van der Waals surface area contributed by atoms with Crippen molar-refractivity contribution in [3.8, 4) is 5.75 Å². The molecule has 0 aromatic heterocycles. The third-order valence-corrected chi connectivity index (χ3v) is 6.65. The van der Waals surface area contributed by atoms with Gasteiger partial charge in [-0.25, -0.2) is 0 Å². The number of hydrogen-bond donors (Lipinski definition) is 0. The molecule has 0 aliphatic carbocycles. The van der Waals surface area contributed by atoms with Crippen molar-refractivity contribution in [1.29, 1.82) is 0 Å². The summed E-state index contributed by atoms with van der Waals surface area (Å²) in [6.07, 6.45) is 4.73. The highest BCUT2D eigenvalue weighted by Gasteiger charge is 2.13. The van der Waals surface area contributed by atoms with E-state index in [2.05, 4.69) is 101 Å². The molecule has 0 spiro atoms. The van der Waals surface area contributed by atoms with Crippen LogP contribution in [0.1, 0.15) is 24.0 Å². The van der Waals surface area contributed by atoms with Crippen LogP contribution in [0, 0.1) is 0 Å². The summed E-state index contributed by atoms with van der Waals surface area (Å²) in [7, 11) is 1.70. The monoisotopic (exact) mass is 448 g/mol. The van der Waals surface area contributed by atoms with Gasteiger partial charge in [-0.1, -0.05) is 42.5 Å². The summed E-state index contributed by atoms with van der Waals surface area (Å²) in [5, 5.41) is 0. The van der Waals surface area contributed by atoms with Gasteiger partial charge in [0.05, 0.1) is 7.11 Å². The van der Waals surface area contributed by atoms with Crippen LogP contribution < -0.4 is 14.5 Å². The van der Waals surface area contributed by atoms with Crippen LogP contribution in [0.2, 0.25) is 0 Å². The quantitative estimate of drug-likeness (QED) is 0.277. The second kappa shape index (κ2) is 10.5. The number of para-hydroxylation sites is 1. The zero-order valence-corrected chi connectivity index (χ0v) is 19.9. The summed E-state index contributed by atoms with van der Waals surface area (Å²) in [4.78, 5) is 4.77. The maximum atomic E-state index is 5.35. The molecule has 4 aromatic carbocycles. The van der Waals surface area contributed by atoms with Crippen LogP contribution in [0.15, 0.2) is 103 Å². The maximum absolute atomic E-state index is 5.35. The summed E-state index contributed by atoms with van der Waals surface area (Å²) in [5.74, 6) is 0.862.